The number of carboxylic acid groups (broad SMARTS) is 1. The van der Waals surface area contributed by atoms with Crippen molar-refractivity contribution in [3.8, 4) is 0 Å². The maximum absolute atomic E-state index is 9.27. The Balaban J connectivity index is 0. The van der Waals surface area contributed by atoms with Gasteiger partial charge in [0.25, 0.3) is 6.16 Å². The lowest BCUT2D eigenvalue weighted by atomic mass is 10.9. The molecule has 3 nitrogen and oxygen atoms in total. The van der Waals surface area contributed by atoms with Crippen LogP contribution in [0.3, 0.4) is 0 Å². The van der Waals surface area contributed by atoms with Crippen molar-refractivity contribution in [2.24, 2.45) is 0 Å². The molecule has 0 aliphatic carbocycles. The van der Waals surface area contributed by atoms with Gasteiger partial charge < -0.3 is 14.6 Å². The second-order valence-electron chi connectivity index (χ2n) is 3.29. The molecule has 0 spiro atoms. The minimum absolute atomic E-state index is 0.169. The smallest absolute Gasteiger partial charge is 0.251 e. The summed E-state index contributed by atoms with van der Waals surface area (Å²) in [4.78, 5) is 9.27. The van der Waals surface area contributed by atoms with Gasteiger partial charge in [-0.15, -0.1) is 0 Å². The van der Waals surface area contributed by atoms with Crippen LogP contribution in [0.1, 0.15) is 34.6 Å². The van der Waals surface area contributed by atoms with E-state index >= 15 is 0 Å². The highest BCUT2D eigenvalue weighted by molar-refractivity contribution is 7.75. The van der Waals surface area contributed by atoms with Crippen molar-refractivity contribution in [1.82, 2.24) is 0 Å². The fourth-order valence-corrected chi connectivity index (χ4v) is 4.14. The van der Waals surface area contributed by atoms with Crippen LogP contribution in [0.15, 0.2) is 0 Å². The first-order valence-corrected chi connectivity index (χ1v) is 8.23. The van der Waals surface area contributed by atoms with Crippen molar-refractivity contribution < 1.29 is 14.6 Å². The number of rotatable bonds is 5. The number of carbonyl (C=O) groups is 1. The van der Waals surface area contributed by atoms with Gasteiger partial charge in [-0.05, 0) is 34.6 Å². The minimum atomic E-state index is -1.46. The molecule has 0 aliphatic heterocycles. The van der Waals surface area contributed by atoms with E-state index in [2.05, 4.69) is 32.4 Å². The molecule has 0 radical (unpaired) electrons. The van der Waals surface area contributed by atoms with Gasteiger partial charge in [-0.1, -0.05) is 0 Å². The Labute approximate surface area is 94.5 Å². The molecule has 0 heterocycles. The average Bonchev–Trinajstić information content (AvgIpc) is 2.23. The third-order valence-corrected chi connectivity index (χ3v) is 8.31. The predicted molar refractivity (Wildman–Crippen MR) is 66.1 cm³/mol. The van der Waals surface area contributed by atoms with E-state index in [1.807, 2.05) is 0 Å². The summed E-state index contributed by atoms with van der Waals surface area (Å²) in [5, 5.41) is 9.27. The first-order chi connectivity index (χ1) is 7.01. The monoisotopic (exact) mass is 236 g/mol. The first kappa shape index (κ1) is 17.1. The van der Waals surface area contributed by atoms with Gasteiger partial charge in [-0.3, -0.25) is 0 Å². The quantitative estimate of drug-likeness (QED) is 0.544. The molecule has 92 valence electrons. The predicted octanol–water partition coefficient (Wildman–Crippen LogP) is 2.45. The Morgan fingerprint density at radius 2 is 1.33 bits per heavy atom. The summed E-state index contributed by atoms with van der Waals surface area (Å²) in [6.45, 7) is 11.2. The number of hydrogen-bond acceptors (Lipinski definition) is 3. The van der Waals surface area contributed by atoms with Crippen LogP contribution in [0, 0.1) is 0 Å². The van der Waals surface area contributed by atoms with Crippen LogP contribution in [0.5, 0.6) is 0 Å². The zero-order valence-corrected chi connectivity index (χ0v) is 11.6. The molecule has 0 atom stereocenters. The van der Waals surface area contributed by atoms with E-state index in [1.165, 1.54) is 24.6 Å². The second-order valence-corrected chi connectivity index (χ2v) is 8.50. The summed E-state index contributed by atoms with van der Waals surface area (Å²) < 4.78 is 3.85. The largest absolute Gasteiger partial charge is 0.550 e. The molecule has 0 N–H and O–H groups in total. The van der Waals surface area contributed by atoms with E-state index in [0.29, 0.717) is 0 Å². The highest BCUT2D eigenvalue weighted by Crippen LogP contribution is 2.57. The van der Waals surface area contributed by atoms with Gasteiger partial charge >= 0.3 is 0 Å². The van der Waals surface area contributed by atoms with Gasteiger partial charge in [0.1, 0.15) is 0 Å². The molecular weight excluding hydrogens is 211 g/mol. The van der Waals surface area contributed by atoms with Crippen molar-refractivity contribution in [2.75, 3.05) is 31.3 Å². The topological polar surface area (TPSA) is 49.4 Å². The number of carbonyl (C=O) groups excluding carboxylic acids is 1. The molecule has 0 aliphatic rings. The van der Waals surface area contributed by atoms with Gasteiger partial charge in [-0.25, -0.2) is 0 Å². The van der Waals surface area contributed by atoms with E-state index in [9.17, 15) is 9.90 Å². The van der Waals surface area contributed by atoms with Crippen LogP contribution in [0.25, 0.3) is 0 Å². The normalized spacial score (nSPS) is 10.2. The highest BCUT2D eigenvalue weighted by Gasteiger charge is 2.27. The van der Waals surface area contributed by atoms with Crippen molar-refractivity contribution in [3.05, 3.63) is 0 Å². The van der Waals surface area contributed by atoms with Crippen LogP contribution in [-0.2, 0) is 4.74 Å². The molecule has 0 fully saturated rings. The molecule has 0 aromatic heterocycles. The van der Waals surface area contributed by atoms with Crippen LogP contribution in [-0.4, -0.2) is 37.4 Å². The van der Waals surface area contributed by atoms with Gasteiger partial charge in [0.15, 0.2) is 0 Å². The zero-order valence-electron chi connectivity index (χ0n) is 10.7. The summed E-state index contributed by atoms with van der Waals surface area (Å²) >= 11 is 0. The summed E-state index contributed by atoms with van der Waals surface area (Å²) in [5.74, 6) is 0. The lowest BCUT2D eigenvalue weighted by molar-refractivity contribution is -0.282. The molecule has 0 saturated heterocycles. The summed E-state index contributed by atoms with van der Waals surface area (Å²) in [5.41, 5.74) is 0. The summed E-state index contributed by atoms with van der Waals surface area (Å²) in [6, 6.07) is 0. The standard InChI is InChI=1S/C8H20P.C3H6O3/c1-5-9(6-2,7-3)8-4;1-2-6-3(4)5/h5-8H2,1-4H3;2H2,1H3,(H,4,5)/q+1;/p-1. The molecule has 0 bridgehead atoms. The third kappa shape index (κ3) is 8.68. The molecule has 0 amide bonds. The van der Waals surface area contributed by atoms with E-state index < -0.39 is 13.4 Å². The number of hydrogen-bond donors (Lipinski definition) is 0. The second kappa shape index (κ2) is 10.2. The van der Waals surface area contributed by atoms with Crippen molar-refractivity contribution in [2.45, 2.75) is 34.6 Å². The van der Waals surface area contributed by atoms with Gasteiger partial charge in [0, 0.05) is 13.9 Å². The van der Waals surface area contributed by atoms with Crippen molar-refractivity contribution in [1.29, 1.82) is 0 Å². The lowest BCUT2D eigenvalue weighted by Gasteiger charge is -2.20. The van der Waals surface area contributed by atoms with E-state index in [1.54, 1.807) is 6.92 Å². The van der Waals surface area contributed by atoms with Crippen LogP contribution in [0.2, 0.25) is 0 Å². The highest BCUT2D eigenvalue weighted by atomic mass is 31.2. The minimum Gasteiger partial charge on any atom is -0.550 e. The Hall–Kier alpha value is -0.300. The molecule has 0 saturated carbocycles. The molecule has 15 heavy (non-hydrogen) atoms. The Bertz CT molecular complexity index is 138. The maximum atomic E-state index is 9.27. The Morgan fingerprint density at radius 1 is 1.00 bits per heavy atom. The Kier molecular flexibility index (Phi) is 11.7. The summed E-state index contributed by atoms with van der Waals surface area (Å²) in [7, 11) is -0.420. The van der Waals surface area contributed by atoms with Crippen LogP contribution < -0.4 is 5.11 Å². The van der Waals surface area contributed by atoms with E-state index in [4.69, 9.17) is 0 Å². The fraction of sp³-hybridized carbons (Fsp3) is 0.909. The SMILES string of the molecule is CCOC(=O)[O-].CC[P+](CC)(CC)CC. The maximum Gasteiger partial charge on any atom is 0.251 e. The average molecular weight is 236 g/mol. The number of ether oxygens (including phenoxy) is 1. The van der Waals surface area contributed by atoms with Gasteiger partial charge in [-0.2, -0.15) is 0 Å². The van der Waals surface area contributed by atoms with Crippen molar-refractivity contribution >= 4 is 13.4 Å². The van der Waals surface area contributed by atoms with Crippen LogP contribution in [0.4, 0.5) is 4.79 Å². The third-order valence-electron chi connectivity index (χ3n) is 2.95. The lowest BCUT2D eigenvalue weighted by Crippen LogP contribution is -2.23. The fourth-order valence-electron chi connectivity index (χ4n) is 1.46. The molecule has 4 heteroatoms. The molecule has 0 aromatic carbocycles. The molecule has 0 aromatic rings. The van der Waals surface area contributed by atoms with E-state index in [0.717, 1.165) is 0 Å². The van der Waals surface area contributed by atoms with E-state index in [-0.39, 0.29) is 6.61 Å². The molecule has 0 rings (SSSR count). The Morgan fingerprint density at radius 3 is 1.33 bits per heavy atom. The van der Waals surface area contributed by atoms with Crippen LogP contribution >= 0.6 is 7.26 Å². The van der Waals surface area contributed by atoms with Gasteiger partial charge in [0.05, 0.1) is 24.6 Å². The van der Waals surface area contributed by atoms with Gasteiger partial charge in [0.2, 0.25) is 0 Å². The summed E-state index contributed by atoms with van der Waals surface area (Å²) in [6.07, 6.45) is 4.36. The zero-order chi connectivity index (χ0) is 12.3. The molecule has 0 unspecified atom stereocenters. The first-order valence-electron chi connectivity index (χ1n) is 5.70. The molecular formula is C11H25O3P. The van der Waals surface area contributed by atoms with Crippen molar-refractivity contribution in [3.63, 3.8) is 0 Å².